The molecular formula is C9H15NO2. The molecular weight excluding hydrogens is 154 g/mol. The summed E-state index contributed by atoms with van der Waals surface area (Å²) in [5.74, 6) is 0.401. The van der Waals surface area contributed by atoms with E-state index in [9.17, 15) is 4.79 Å². The number of hydrogen-bond donors (Lipinski definition) is 0. The number of piperidine rings is 1. The summed E-state index contributed by atoms with van der Waals surface area (Å²) in [6.07, 6.45) is 2.44. The van der Waals surface area contributed by atoms with Gasteiger partial charge in [0.25, 0.3) is 0 Å². The van der Waals surface area contributed by atoms with E-state index in [0.717, 1.165) is 32.6 Å². The zero-order valence-corrected chi connectivity index (χ0v) is 7.51. The smallest absolute Gasteiger partial charge is 0.136 e. The van der Waals surface area contributed by atoms with E-state index in [0.29, 0.717) is 12.2 Å². The molecule has 0 saturated carbocycles. The standard InChI is InChI=1S/C9H15NO2/c1-10-4-2-8(11)6-9(10)3-5-12-7-9/h2-7H2,1H3/t9-/m0/s1. The Morgan fingerprint density at radius 3 is 3.08 bits per heavy atom. The first-order valence-electron chi connectivity index (χ1n) is 4.54. The first-order valence-corrected chi connectivity index (χ1v) is 4.54. The molecule has 2 fully saturated rings. The third kappa shape index (κ3) is 1.17. The molecule has 0 aromatic carbocycles. The fourth-order valence-electron chi connectivity index (χ4n) is 2.16. The minimum atomic E-state index is 0.0648. The molecule has 1 spiro atoms. The van der Waals surface area contributed by atoms with E-state index < -0.39 is 0 Å². The number of rotatable bonds is 0. The summed E-state index contributed by atoms with van der Waals surface area (Å²) in [4.78, 5) is 13.6. The Hall–Kier alpha value is -0.410. The van der Waals surface area contributed by atoms with E-state index in [2.05, 4.69) is 11.9 Å². The van der Waals surface area contributed by atoms with Gasteiger partial charge < -0.3 is 4.74 Å². The van der Waals surface area contributed by atoms with Gasteiger partial charge in [0.05, 0.1) is 12.1 Å². The summed E-state index contributed by atoms with van der Waals surface area (Å²) < 4.78 is 5.36. The third-order valence-electron chi connectivity index (χ3n) is 3.14. The topological polar surface area (TPSA) is 29.5 Å². The number of ketones is 1. The van der Waals surface area contributed by atoms with Crippen LogP contribution in [0.2, 0.25) is 0 Å². The molecule has 2 saturated heterocycles. The van der Waals surface area contributed by atoms with Crippen LogP contribution in [-0.4, -0.2) is 43.0 Å². The molecule has 2 aliphatic heterocycles. The summed E-state index contributed by atoms with van der Waals surface area (Å²) in [7, 11) is 2.10. The van der Waals surface area contributed by atoms with Crippen LogP contribution in [-0.2, 0) is 9.53 Å². The highest BCUT2D eigenvalue weighted by atomic mass is 16.5. The molecule has 2 rings (SSSR count). The fraction of sp³-hybridized carbons (Fsp3) is 0.889. The second kappa shape index (κ2) is 2.82. The maximum Gasteiger partial charge on any atom is 0.136 e. The molecule has 0 aliphatic carbocycles. The van der Waals surface area contributed by atoms with Crippen LogP contribution < -0.4 is 0 Å². The molecule has 0 aromatic rings. The van der Waals surface area contributed by atoms with Crippen molar-refractivity contribution in [1.29, 1.82) is 0 Å². The van der Waals surface area contributed by atoms with Crippen LogP contribution in [0, 0.1) is 0 Å². The van der Waals surface area contributed by atoms with Gasteiger partial charge in [-0.05, 0) is 13.5 Å². The van der Waals surface area contributed by atoms with Crippen LogP contribution >= 0.6 is 0 Å². The van der Waals surface area contributed by atoms with Gasteiger partial charge in [-0.15, -0.1) is 0 Å². The average Bonchev–Trinajstić information content (AvgIpc) is 2.48. The highest BCUT2D eigenvalue weighted by Crippen LogP contribution is 2.32. The van der Waals surface area contributed by atoms with Gasteiger partial charge in [0.15, 0.2) is 0 Å². The Morgan fingerprint density at radius 2 is 2.42 bits per heavy atom. The number of carbonyl (C=O) groups is 1. The number of likely N-dealkylation sites (N-methyl/N-ethyl adjacent to an activating group) is 1. The van der Waals surface area contributed by atoms with Crippen molar-refractivity contribution < 1.29 is 9.53 Å². The molecule has 2 heterocycles. The number of hydrogen-bond acceptors (Lipinski definition) is 3. The van der Waals surface area contributed by atoms with E-state index in [1.807, 2.05) is 0 Å². The minimum absolute atomic E-state index is 0.0648. The normalized spacial score (nSPS) is 37.9. The molecule has 3 nitrogen and oxygen atoms in total. The SMILES string of the molecule is CN1CCC(=O)C[C@]12CCOC2. The molecule has 12 heavy (non-hydrogen) atoms. The summed E-state index contributed by atoms with van der Waals surface area (Å²) in [5, 5.41) is 0. The van der Waals surface area contributed by atoms with Crippen molar-refractivity contribution in [1.82, 2.24) is 4.90 Å². The summed E-state index contributed by atoms with van der Waals surface area (Å²) in [6, 6.07) is 0. The Bertz CT molecular complexity index is 197. The van der Waals surface area contributed by atoms with Crippen LogP contribution in [0.15, 0.2) is 0 Å². The summed E-state index contributed by atoms with van der Waals surface area (Å²) in [5.41, 5.74) is 0.0648. The lowest BCUT2D eigenvalue weighted by molar-refractivity contribution is -0.126. The molecule has 0 radical (unpaired) electrons. The van der Waals surface area contributed by atoms with E-state index in [4.69, 9.17) is 4.74 Å². The van der Waals surface area contributed by atoms with Gasteiger partial charge in [0, 0.05) is 26.0 Å². The molecule has 3 heteroatoms. The highest BCUT2D eigenvalue weighted by molar-refractivity contribution is 5.80. The maximum atomic E-state index is 11.3. The van der Waals surface area contributed by atoms with Crippen molar-refractivity contribution in [2.24, 2.45) is 0 Å². The van der Waals surface area contributed by atoms with Crippen molar-refractivity contribution in [3.63, 3.8) is 0 Å². The Morgan fingerprint density at radius 1 is 1.58 bits per heavy atom. The number of likely N-dealkylation sites (tertiary alicyclic amines) is 1. The molecule has 0 bridgehead atoms. The Balaban J connectivity index is 2.14. The van der Waals surface area contributed by atoms with Crippen molar-refractivity contribution in [2.75, 3.05) is 26.8 Å². The number of Topliss-reactive ketones (excluding diaryl/α,β-unsaturated/α-hetero) is 1. The summed E-state index contributed by atoms with van der Waals surface area (Å²) in [6.45, 7) is 2.47. The van der Waals surface area contributed by atoms with Gasteiger partial charge in [-0.1, -0.05) is 0 Å². The zero-order valence-electron chi connectivity index (χ0n) is 7.51. The van der Waals surface area contributed by atoms with Gasteiger partial charge in [0.1, 0.15) is 5.78 Å². The van der Waals surface area contributed by atoms with E-state index >= 15 is 0 Å². The highest BCUT2D eigenvalue weighted by Gasteiger charge is 2.42. The van der Waals surface area contributed by atoms with Crippen molar-refractivity contribution >= 4 is 5.78 Å². The molecule has 0 N–H and O–H groups in total. The molecule has 0 amide bonds. The Kier molecular flexibility index (Phi) is 1.93. The van der Waals surface area contributed by atoms with Gasteiger partial charge in [-0.2, -0.15) is 0 Å². The van der Waals surface area contributed by atoms with Crippen LogP contribution in [0.1, 0.15) is 19.3 Å². The molecule has 68 valence electrons. The van der Waals surface area contributed by atoms with Crippen molar-refractivity contribution in [3.8, 4) is 0 Å². The lowest BCUT2D eigenvalue weighted by Crippen LogP contribution is -2.52. The van der Waals surface area contributed by atoms with E-state index in [-0.39, 0.29) is 5.54 Å². The molecule has 0 unspecified atom stereocenters. The number of nitrogens with zero attached hydrogens (tertiary/aromatic N) is 1. The fourth-order valence-corrected chi connectivity index (χ4v) is 2.16. The van der Waals surface area contributed by atoms with Gasteiger partial charge in [-0.25, -0.2) is 0 Å². The lowest BCUT2D eigenvalue weighted by Gasteiger charge is -2.40. The van der Waals surface area contributed by atoms with Crippen molar-refractivity contribution in [2.45, 2.75) is 24.8 Å². The van der Waals surface area contributed by atoms with Crippen LogP contribution in [0.4, 0.5) is 0 Å². The monoisotopic (exact) mass is 169 g/mol. The van der Waals surface area contributed by atoms with Crippen LogP contribution in [0.25, 0.3) is 0 Å². The van der Waals surface area contributed by atoms with E-state index in [1.54, 1.807) is 0 Å². The van der Waals surface area contributed by atoms with Gasteiger partial charge in [-0.3, -0.25) is 9.69 Å². The number of ether oxygens (including phenoxy) is 1. The molecule has 0 aromatic heterocycles. The van der Waals surface area contributed by atoms with Crippen LogP contribution in [0.5, 0.6) is 0 Å². The van der Waals surface area contributed by atoms with E-state index in [1.165, 1.54) is 0 Å². The second-order valence-electron chi connectivity index (χ2n) is 3.91. The zero-order chi connectivity index (χ0) is 8.60. The maximum absolute atomic E-state index is 11.3. The van der Waals surface area contributed by atoms with Gasteiger partial charge in [0.2, 0.25) is 0 Å². The molecule has 2 aliphatic rings. The summed E-state index contributed by atoms with van der Waals surface area (Å²) >= 11 is 0. The second-order valence-corrected chi connectivity index (χ2v) is 3.91. The van der Waals surface area contributed by atoms with Crippen LogP contribution in [0.3, 0.4) is 0 Å². The first-order chi connectivity index (χ1) is 5.73. The minimum Gasteiger partial charge on any atom is -0.379 e. The number of carbonyl (C=O) groups excluding carboxylic acids is 1. The van der Waals surface area contributed by atoms with Crippen molar-refractivity contribution in [3.05, 3.63) is 0 Å². The Labute approximate surface area is 72.7 Å². The lowest BCUT2D eigenvalue weighted by atomic mass is 9.86. The third-order valence-corrected chi connectivity index (χ3v) is 3.14. The van der Waals surface area contributed by atoms with Gasteiger partial charge >= 0.3 is 0 Å². The predicted octanol–water partition coefficient (Wildman–Crippen LogP) is 0.440. The largest absolute Gasteiger partial charge is 0.379 e. The molecule has 1 atom stereocenters. The average molecular weight is 169 g/mol. The quantitative estimate of drug-likeness (QED) is 0.527. The predicted molar refractivity (Wildman–Crippen MR) is 45.0 cm³/mol. The first kappa shape index (κ1) is 8.20.